The Kier molecular flexibility index (Phi) is 4.35. The van der Waals surface area contributed by atoms with Crippen molar-refractivity contribution in [3.8, 4) is 0 Å². The van der Waals surface area contributed by atoms with Gasteiger partial charge in [-0.15, -0.1) is 0 Å². The van der Waals surface area contributed by atoms with Crippen LogP contribution in [0.4, 0.5) is 0 Å². The largest absolute Gasteiger partial charge is 0.381 e. The summed E-state index contributed by atoms with van der Waals surface area (Å²) in [5, 5.41) is 3.37. The fraction of sp³-hybridized carbons (Fsp3) is 0.714. The van der Waals surface area contributed by atoms with Gasteiger partial charge in [0.05, 0.1) is 11.0 Å². The molecule has 0 bridgehead atoms. The van der Waals surface area contributed by atoms with Crippen molar-refractivity contribution in [3.05, 3.63) is 18.0 Å². The molecule has 1 aliphatic carbocycles. The molecule has 2 fully saturated rings. The van der Waals surface area contributed by atoms with E-state index in [1.54, 1.807) is 23.7 Å². The van der Waals surface area contributed by atoms with E-state index in [0.29, 0.717) is 30.6 Å². The second-order valence-electron chi connectivity index (χ2n) is 5.85. The van der Waals surface area contributed by atoms with E-state index in [-0.39, 0.29) is 6.10 Å². The molecule has 0 amide bonds. The molecule has 1 aromatic heterocycles. The average molecular weight is 313 g/mol. The number of sulfonamides is 1. The summed E-state index contributed by atoms with van der Waals surface area (Å²) in [6.45, 7) is 1.76. The molecule has 7 heteroatoms. The Labute approximate surface area is 125 Å². The number of hydrogen-bond acceptors (Lipinski definition) is 4. The van der Waals surface area contributed by atoms with E-state index in [1.165, 1.54) is 12.8 Å². The van der Waals surface area contributed by atoms with E-state index in [9.17, 15) is 8.42 Å². The zero-order valence-corrected chi connectivity index (χ0v) is 13.2. The van der Waals surface area contributed by atoms with Gasteiger partial charge >= 0.3 is 0 Å². The van der Waals surface area contributed by atoms with Gasteiger partial charge in [-0.3, -0.25) is 0 Å². The molecule has 21 heavy (non-hydrogen) atoms. The summed E-state index contributed by atoms with van der Waals surface area (Å²) in [7, 11) is -1.70. The van der Waals surface area contributed by atoms with Crippen molar-refractivity contribution in [2.24, 2.45) is 0 Å². The molecule has 1 aromatic rings. The minimum Gasteiger partial charge on any atom is -0.381 e. The highest BCUT2D eigenvalue weighted by atomic mass is 32.2. The Bertz CT molecular complexity index is 572. The smallest absolute Gasteiger partial charge is 0.244 e. The summed E-state index contributed by atoms with van der Waals surface area (Å²) in [6.07, 6.45) is 5.75. The number of nitrogens with zero attached hydrogens (tertiary/aromatic N) is 1. The van der Waals surface area contributed by atoms with E-state index in [4.69, 9.17) is 4.74 Å². The minimum absolute atomic E-state index is 0.181. The molecule has 0 unspecified atom stereocenters. The van der Waals surface area contributed by atoms with Crippen LogP contribution in [-0.4, -0.2) is 50.1 Å². The van der Waals surface area contributed by atoms with Crippen LogP contribution in [-0.2, 0) is 21.3 Å². The second kappa shape index (κ2) is 6.08. The van der Waals surface area contributed by atoms with Crippen molar-refractivity contribution in [1.82, 2.24) is 14.6 Å². The van der Waals surface area contributed by atoms with Crippen molar-refractivity contribution >= 4 is 10.0 Å². The Morgan fingerprint density at radius 2 is 2.05 bits per heavy atom. The Morgan fingerprint density at radius 1 is 1.33 bits per heavy atom. The van der Waals surface area contributed by atoms with E-state index >= 15 is 0 Å². The normalized spacial score (nSPS) is 21.8. The van der Waals surface area contributed by atoms with Gasteiger partial charge in [-0.2, -0.15) is 4.31 Å². The van der Waals surface area contributed by atoms with Crippen LogP contribution >= 0.6 is 0 Å². The topological polar surface area (TPSA) is 74.4 Å². The zero-order valence-electron chi connectivity index (χ0n) is 12.3. The summed E-state index contributed by atoms with van der Waals surface area (Å²) in [6, 6.07) is 2.36. The van der Waals surface area contributed by atoms with Gasteiger partial charge in [-0.1, -0.05) is 0 Å². The quantitative estimate of drug-likeness (QED) is 0.824. The summed E-state index contributed by atoms with van der Waals surface area (Å²) in [5.74, 6) is 0. The highest BCUT2D eigenvalue weighted by molar-refractivity contribution is 7.89. The molecular formula is C14H23N3O3S. The first kappa shape index (κ1) is 15.0. The van der Waals surface area contributed by atoms with Crippen molar-refractivity contribution in [3.63, 3.8) is 0 Å². The number of methoxy groups -OCH3 is 1. The van der Waals surface area contributed by atoms with Crippen LogP contribution in [0, 0.1) is 0 Å². The van der Waals surface area contributed by atoms with E-state index < -0.39 is 10.0 Å². The van der Waals surface area contributed by atoms with Crippen LogP contribution in [0.15, 0.2) is 17.2 Å². The lowest BCUT2D eigenvalue weighted by atomic mass is 10.1. The molecule has 0 atom stereocenters. The maximum atomic E-state index is 12.6. The predicted molar refractivity (Wildman–Crippen MR) is 79.4 cm³/mol. The van der Waals surface area contributed by atoms with Gasteiger partial charge in [-0.25, -0.2) is 8.42 Å². The lowest BCUT2D eigenvalue weighted by Crippen LogP contribution is -2.40. The molecule has 1 saturated carbocycles. The number of ether oxygens (including phenoxy) is 1. The first-order valence-electron chi connectivity index (χ1n) is 7.53. The lowest BCUT2D eigenvalue weighted by Gasteiger charge is -2.30. The number of hydrogen-bond donors (Lipinski definition) is 2. The zero-order chi connectivity index (χ0) is 14.9. The summed E-state index contributed by atoms with van der Waals surface area (Å²) in [5.41, 5.74) is 0.923. The predicted octanol–water partition coefficient (Wildman–Crippen LogP) is 1.07. The summed E-state index contributed by atoms with van der Waals surface area (Å²) < 4.78 is 32.0. The average Bonchev–Trinajstić information content (AvgIpc) is 3.21. The Morgan fingerprint density at radius 3 is 2.67 bits per heavy atom. The molecule has 0 spiro atoms. The number of rotatable bonds is 6. The van der Waals surface area contributed by atoms with Crippen LogP contribution < -0.4 is 5.32 Å². The monoisotopic (exact) mass is 313 g/mol. The van der Waals surface area contributed by atoms with Crippen LogP contribution in [0.5, 0.6) is 0 Å². The SMILES string of the molecule is COC1CCN(S(=O)(=O)c2c[nH]c(CNC3CC3)c2)CC1. The molecule has 2 heterocycles. The fourth-order valence-corrected chi connectivity index (χ4v) is 4.16. The molecule has 6 nitrogen and oxygen atoms in total. The van der Waals surface area contributed by atoms with Gasteiger partial charge in [0.1, 0.15) is 0 Å². The summed E-state index contributed by atoms with van der Waals surface area (Å²) >= 11 is 0. The maximum Gasteiger partial charge on any atom is 0.244 e. The van der Waals surface area contributed by atoms with E-state index in [0.717, 1.165) is 18.5 Å². The van der Waals surface area contributed by atoms with E-state index in [2.05, 4.69) is 10.3 Å². The first-order valence-corrected chi connectivity index (χ1v) is 8.97. The molecule has 2 aliphatic rings. The third-order valence-corrected chi connectivity index (χ3v) is 6.12. The summed E-state index contributed by atoms with van der Waals surface area (Å²) in [4.78, 5) is 3.43. The van der Waals surface area contributed by atoms with Crippen LogP contribution in [0.1, 0.15) is 31.4 Å². The number of nitrogens with one attached hydrogen (secondary N) is 2. The third kappa shape index (κ3) is 3.48. The van der Waals surface area contributed by atoms with Gasteiger partial charge in [0.25, 0.3) is 0 Å². The van der Waals surface area contributed by atoms with Crippen molar-refractivity contribution < 1.29 is 13.2 Å². The van der Waals surface area contributed by atoms with E-state index in [1.807, 2.05) is 0 Å². The molecule has 0 radical (unpaired) electrons. The molecule has 0 aromatic carbocycles. The Balaban J connectivity index is 1.63. The molecule has 3 rings (SSSR count). The van der Waals surface area contributed by atoms with Gasteiger partial charge in [-0.05, 0) is 31.7 Å². The fourth-order valence-electron chi connectivity index (χ4n) is 2.67. The number of aromatic amines is 1. The van der Waals surface area contributed by atoms with Gasteiger partial charge in [0, 0.05) is 44.7 Å². The number of aromatic nitrogens is 1. The first-order chi connectivity index (χ1) is 10.1. The van der Waals surface area contributed by atoms with Gasteiger partial charge < -0.3 is 15.0 Å². The van der Waals surface area contributed by atoms with Gasteiger partial charge in [0.15, 0.2) is 0 Å². The standard InChI is InChI=1S/C14H23N3O3S/c1-20-13-4-6-17(7-5-13)21(18,19)14-8-12(16-10-14)9-15-11-2-3-11/h8,10-11,13,15-16H,2-7,9H2,1H3. The number of H-pyrrole nitrogens is 1. The molecule has 1 saturated heterocycles. The maximum absolute atomic E-state index is 12.6. The highest BCUT2D eigenvalue weighted by Gasteiger charge is 2.30. The van der Waals surface area contributed by atoms with Crippen molar-refractivity contribution in [2.45, 2.75) is 49.3 Å². The molecular weight excluding hydrogens is 290 g/mol. The minimum atomic E-state index is -3.38. The Hall–Kier alpha value is -0.890. The van der Waals surface area contributed by atoms with Gasteiger partial charge in [0.2, 0.25) is 10.0 Å². The molecule has 1 aliphatic heterocycles. The number of piperidine rings is 1. The van der Waals surface area contributed by atoms with Crippen LogP contribution in [0.3, 0.4) is 0 Å². The molecule has 118 valence electrons. The molecule has 2 N–H and O–H groups in total. The van der Waals surface area contributed by atoms with Crippen LogP contribution in [0.25, 0.3) is 0 Å². The second-order valence-corrected chi connectivity index (χ2v) is 7.79. The lowest BCUT2D eigenvalue weighted by molar-refractivity contribution is 0.0604. The van der Waals surface area contributed by atoms with Crippen molar-refractivity contribution in [1.29, 1.82) is 0 Å². The third-order valence-electron chi connectivity index (χ3n) is 4.25. The van der Waals surface area contributed by atoms with Crippen molar-refractivity contribution in [2.75, 3.05) is 20.2 Å². The highest BCUT2D eigenvalue weighted by Crippen LogP contribution is 2.23. The van der Waals surface area contributed by atoms with Crippen LogP contribution in [0.2, 0.25) is 0 Å².